The Balaban J connectivity index is 2.10. The topological polar surface area (TPSA) is 93.5 Å². The van der Waals surface area contributed by atoms with Crippen molar-refractivity contribution in [1.29, 1.82) is 0 Å². The van der Waals surface area contributed by atoms with E-state index in [1.54, 1.807) is 26.2 Å². The lowest BCUT2D eigenvalue weighted by molar-refractivity contribution is -0.384. The van der Waals surface area contributed by atoms with E-state index in [2.05, 4.69) is 10.6 Å². The van der Waals surface area contributed by atoms with E-state index >= 15 is 0 Å². The Bertz CT molecular complexity index is 532. The molecule has 1 aliphatic rings. The molecular formula is C13H17N3O4. The van der Waals surface area contributed by atoms with Crippen molar-refractivity contribution < 1.29 is 14.5 Å². The molecule has 1 saturated heterocycles. The second-order valence-corrected chi connectivity index (χ2v) is 4.82. The van der Waals surface area contributed by atoms with Crippen molar-refractivity contribution in [3.05, 3.63) is 33.9 Å². The molecule has 2 rings (SSSR count). The summed E-state index contributed by atoms with van der Waals surface area (Å²) >= 11 is 0. The molecule has 108 valence electrons. The van der Waals surface area contributed by atoms with Gasteiger partial charge in [-0.1, -0.05) is 6.07 Å². The average Bonchev–Trinajstić information content (AvgIpc) is 2.89. The minimum Gasteiger partial charge on any atom is -0.380 e. The number of aryl methyl sites for hydroxylation is 1. The first-order valence-corrected chi connectivity index (χ1v) is 6.33. The quantitative estimate of drug-likeness (QED) is 0.638. The number of carbonyl (C=O) groups excluding carboxylic acids is 1. The number of methoxy groups -OCH3 is 1. The minimum absolute atomic E-state index is 0.00115. The number of nitrogens with one attached hydrogen (secondary N) is 2. The lowest BCUT2D eigenvalue weighted by atomic mass is 10.1. The Kier molecular flexibility index (Phi) is 4.31. The largest absolute Gasteiger partial charge is 0.380 e. The summed E-state index contributed by atoms with van der Waals surface area (Å²) < 4.78 is 5.17. The van der Waals surface area contributed by atoms with Crippen molar-refractivity contribution in [2.24, 2.45) is 0 Å². The van der Waals surface area contributed by atoms with Gasteiger partial charge in [-0.2, -0.15) is 0 Å². The van der Waals surface area contributed by atoms with Gasteiger partial charge in [-0.15, -0.1) is 0 Å². The Morgan fingerprint density at radius 2 is 2.30 bits per heavy atom. The van der Waals surface area contributed by atoms with Crippen LogP contribution in [0.1, 0.15) is 12.0 Å². The first-order chi connectivity index (χ1) is 9.51. The SMILES string of the molecule is COC1CNC(C(=O)Nc2ccc(C)cc2[N+](=O)[O-])C1. The van der Waals surface area contributed by atoms with Gasteiger partial charge in [0.2, 0.25) is 5.91 Å². The maximum absolute atomic E-state index is 12.1. The summed E-state index contributed by atoms with van der Waals surface area (Å²) in [5.41, 5.74) is 0.890. The van der Waals surface area contributed by atoms with E-state index in [4.69, 9.17) is 4.74 Å². The maximum Gasteiger partial charge on any atom is 0.293 e. The summed E-state index contributed by atoms with van der Waals surface area (Å²) in [4.78, 5) is 22.6. The van der Waals surface area contributed by atoms with E-state index in [-0.39, 0.29) is 29.4 Å². The lowest BCUT2D eigenvalue weighted by Crippen LogP contribution is -2.35. The maximum atomic E-state index is 12.1. The van der Waals surface area contributed by atoms with Gasteiger partial charge < -0.3 is 15.4 Å². The normalized spacial score (nSPS) is 21.7. The molecule has 0 bridgehead atoms. The number of hydrogen-bond donors (Lipinski definition) is 2. The highest BCUT2D eigenvalue weighted by Crippen LogP contribution is 2.25. The number of ether oxygens (including phenoxy) is 1. The van der Waals surface area contributed by atoms with Gasteiger partial charge >= 0.3 is 0 Å². The van der Waals surface area contributed by atoms with Gasteiger partial charge in [-0.3, -0.25) is 14.9 Å². The van der Waals surface area contributed by atoms with E-state index in [0.29, 0.717) is 13.0 Å². The average molecular weight is 279 g/mol. The molecule has 1 aliphatic heterocycles. The number of nitro groups is 1. The lowest BCUT2D eigenvalue weighted by Gasteiger charge is -2.11. The standard InChI is InChI=1S/C13H17N3O4/c1-8-3-4-10(12(5-8)16(18)19)15-13(17)11-6-9(20-2)7-14-11/h3-5,9,11,14H,6-7H2,1-2H3,(H,15,17). The van der Waals surface area contributed by atoms with Crippen molar-refractivity contribution in [3.63, 3.8) is 0 Å². The molecule has 0 aliphatic carbocycles. The minimum atomic E-state index is -0.497. The van der Waals surface area contributed by atoms with Crippen LogP contribution in [0.25, 0.3) is 0 Å². The third-order valence-corrected chi connectivity index (χ3v) is 3.35. The molecular weight excluding hydrogens is 262 g/mol. The summed E-state index contributed by atoms with van der Waals surface area (Å²) in [6.45, 7) is 2.37. The Labute approximate surface area is 116 Å². The number of carbonyl (C=O) groups is 1. The third kappa shape index (κ3) is 3.12. The summed E-state index contributed by atoms with van der Waals surface area (Å²) in [6, 6.07) is 4.33. The van der Waals surface area contributed by atoms with Gasteiger partial charge in [0, 0.05) is 19.7 Å². The Morgan fingerprint density at radius 3 is 2.90 bits per heavy atom. The zero-order valence-electron chi connectivity index (χ0n) is 11.4. The van der Waals surface area contributed by atoms with Crippen LogP contribution < -0.4 is 10.6 Å². The van der Waals surface area contributed by atoms with Crippen LogP contribution in [0.3, 0.4) is 0 Å². The van der Waals surface area contributed by atoms with E-state index in [0.717, 1.165) is 5.56 Å². The van der Waals surface area contributed by atoms with Crippen molar-refractivity contribution in [2.45, 2.75) is 25.5 Å². The molecule has 7 nitrogen and oxygen atoms in total. The smallest absolute Gasteiger partial charge is 0.293 e. The molecule has 2 N–H and O–H groups in total. The number of anilines is 1. The highest BCUT2D eigenvalue weighted by Gasteiger charge is 2.30. The van der Waals surface area contributed by atoms with E-state index < -0.39 is 4.92 Å². The molecule has 1 heterocycles. The van der Waals surface area contributed by atoms with E-state index in [1.165, 1.54) is 6.07 Å². The summed E-state index contributed by atoms with van der Waals surface area (Å²) in [5, 5.41) is 16.6. The molecule has 2 atom stereocenters. The Morgan fingerprint density at radius 1 is 1.55 bits per heavy atom. The molecule has 2 unspecified atom stereocenters. The molecule has 1 aromatic carbocycles. The highest BCUT2D eigenvalue weighted by molar-refractivity contribution is 5.97. The molecule has 0 spiro atoms. The van der Waals surface area contributed by atoms with Gasteiger partial charge in [0.05, 0.1) is 17.1 Å². The third-order valence-electron chi connectivity index (χ3n) is 3.35. The molecule has 20 heavy (non-hydrogen) atoms. The fraction of sp³-hybridized carbons (Fsp3) is 0.462. The highest BCUT2D eigenvalue weighted by atomic mass is 16.6. The van der Waals surface area contributed by atoms with Crippen LogP contribution in [-0.4, -0.2) is 36.6 Å². The van der Waals surface area contributed by atoms with Crippen LogP contribution in [0, 0.1) is 17.0 Å². The van der Waals surface area contributed by atoms with Crippen LogP contribution in [0.4, 0.5) is 11.4 Å². The predicted molar refractivity (Wildman–Crippen MR) is 73.7 cm³/mol. The van der Waals surface area contributed by atoms with Gasteiger partial charge in [0.25, 0.3) is 5.69 Å². The van der Waals surface area contributed by atoms with Gasteiger partial charge in [0.15, 0.2) is 0 Å². The predicted octanol–water partition coefficient (Wildman–Crippen LogP) is 1.22. The zero-order valence-corrected chi connectivity index (χ0v) is 11.4. The first kappa shape index (κ1) is 14.4. The second-order valence-electron chi connectivity index (χ2n) is 4.82. The molecule has 0 saturated carbocycles. The monoisotopic (exact) mass is 279 g/mol. The first-order valence-electron chi connectivity index (χ1n) is 6.33. The fourth-order valence-corrected chi connectivity index (χ4v) is 2.20. The molecule has 7 heteroatoms. The summed E-state index contributed by atoms with van der Waals surface area (Å²) in [6.07, 6.45) is 0.556. The van der Waals surface area contributed by atoms with Crippen molar-refractivity contribution in [3.8, 4) is 0 Å². The summed E-state index contributed by atoms with van der Waals surface area (Å²) in [5.74, 6) is -0.281. The number of benzene rings is 1. The van der Waals surface area contributed by atoms with Crippen LogP contribution in [0.15, 0.2) is 18.2 Å². The molecule has 1 fully saturated rings. The molecule has 0 radical (unpaired) electrons. The second kappa shape index (κ2) is 5.98. The van der Waals surface area contributed by atoms with Gasteiger partial charge in [-0.05, 0) is 25.0 Å². The number of hydrogen-bond acceptors (Lipinski definition) is 5. The van der Waals surface area contributed by atoms with E-state index in [9.17, 15) is 14.9 Å². The van der Waals surface area contributed by atoms with Gasteiger partial charge in [-0.25, -0.2) is 0 Å². The van der Waals surface area contributed by atoms with Crippen molar-refractivity contribution >= 4 is 17.3 Å². The van der Waals surface area contributed by atoms with Crippen LogP contribution in [-0.2, 0) is 9.53 Å². The van der Waals surface area contributed by atoms with E-state index in [1.807, 2.05) is 0 Å². The molecule has 0 aromatic heterocycles. The molecule has 1 aromatic rings. The fourth-order valence-electron chi connectivity index (χ4n) is 2.20. The summed E-state index contributed by atoms with van der Waals surface area (Å²) in [7, 11) is 1.59. The van der Waals surface area contributed by atoms with Crippen LogP contribution >= 0.6 is 0 Å². The van der Waals surface area contributed by atoms with Crippen LogP contribution in [0.5, 0.6) is 0 Å². The van der Waals surface area contributed by atoms with Crippen LogP contribution in [0.2, 0.25) is 0 Å². The number of rotatable bonds is 4. The molecule has 1 amide bonds. The zero-order chi connectivity index (χ0) is 14.7. The Hall–Kier alpha value is -1.99. The number of amides is 1. The number of nitrogens with zero attached hydrogens (tertiary/aromatic N) is 1. The van der Waals surface area contributed by atoms with Gasteiger partial charge in [0.1, 0.15) is 5.69 Å². The number of nitro benzene ring substituents is 1. The van der Waals surface area contributed by atoms with Crippen molar-refractivity contribution in [2.75, 3.05) is 19.0 Å². The van der Waals surface area contributed by atoms with Crippen molar-refractivity contribution in [1.82, 2.24) is 5.32 Å².